The second kappa shape index (κ2) is 6.86. The number of aromatic nitrogens is 6. The molecule has 0 saturated carbocycles. The Hall–Kier alpha value is -4.02. The Bertz CT molecular complexity index is 1200. The lowest BCUT2D eigenvalue weighted by atomic mass is 10.1. The molecule has 4 aromatic heterocycles. The van der Waals surface area contributed by atoms with Gasteiger partial charge < -0.3 is 15.4 Å². The molecule has 5 heterocycles. The van der Waals surface area contributed by atoms with Gasteiger partial charge in [0.1, 0.15) is 23.8 Å². The summed E-state index contributed by atoms with van der Waals surface area (Å²) in [5, 5.41) is 17.0. The summed E-state index contributed by atoms with van der Waals surface area (Å²) in [5.41, 5.74) is 2.76. The van der Waals surface area contributed by atoms with Crippen molar-refractivity contribution in [3.05, 3.63) is 54.0 Å². The summed E-state index contributed by atoms with van der Waals surface area (Å²) in [7, 11) is 0. The van der Waals surface area contributed by atoms with Crippen LogP contribution in [0.3, 0.4) is 0 Å². The van der Waals surface area contributed by atoms with Crippen LogP contribution in [0.5, 0.6) is 5.88 Å². The van der Waals surface area contributed by atoms with Gasteiger partial charge in [-0.25, -0.2) is 18.9 Å². The van der Waals surface area contributed by atoms with Crippen LogP contribution in [0.25, 0.3) is 16.8 Å². The first kappa shape index (κ1) is 17.1. The number of hydrogen-bond acceptors (Lipinski definition) is 7. The molecule has 0 aliphatic carbocycles. The van der Waals surface area contributed by atoms with E-state index < -0.39 is 5.82 Å². The van der Waals surface area contributed by atoms with Gasteiger partial charge in [-0.3, -0.25) is 9.89 Å². The van der Waals surface area contributed by atoms with Gasteiger partial charge in [0.25, 0.3) is 5.91 Å². The predicted molar refractivity (Wildman–Crippen MR) is 99.9 cm³/mol. The largest absolute Gasteiger partial charge is 0.476 e. The van der Waals surface area contributed by atoms with E-state index >= 15 is 0 Å². The fourth-order valence-corrected chi connectivity index (χ4v) is 3.13. The minimum atomic E-state index is -0.469. The predicted octanol–water partition coefficient (Wildman–Crippen LogP) is 1.39. The smallest absolute Gasteiger partial charge is 0.256 e. The number of halogens is 1. The first-order valence-electron chi connectivity index (χ1n) is 8.86. The monoisotopic (exact) mass is 394 g/mol. The summed E-state index contributed by atoms with van der Waals surface area (Å²) in [6.07, 6.45) is 7.68. The van der Waals surface area contributed by atoms with Crippen LogP contribution in [-0.2, 0) is 6.54 Å². The third-order valence-electron chi connectivity index (χ3n) is 4.51. The molecule has 5 rings (SSSR count). The van der Waals surface area contributed by atoms with Crippen LogP contribution in [0.15, 0.2) is 37.1 Å². The number of nitrogens with one attached hydrogen (secondary N) is 3. The number of ether oxygens (including phenoxy) is 1. The summed E-state index contributed by atoms with van der Waals surface area (Å²) in [6.45, 7) is 0.661. The number of pyridine rings is 1. The van der Waals surface area contributed by atoms with Crippen LogP contribution in [0.2, 0.25) is 0 Å². The van der Waals surface area contributed by atoms with Crippen LogP contribution >= 0.6 is 0 Å². The van der Waals surface area contributed by atoms with Gasteiger partial charge in [0, 0.05) is 35.6 Å². The molecule has 0 fully saturated rings. The summed E-state index contributed by atoms with van der Waals surface area (Å²) in [5.74, 6) is -0.00259. The average Bonchev–Trinajstić information content (AvgIpc) is 3.38. The van der Waals surface area contributed by atoms with Crippen molar-refractivity contribution in [1.29, 1.82) is 0 Å². The molecule has 0 aromatic carbocycles. The first-order valence-corrected chi connectivity index (χ1v) is 8.86. The number of nitrogens with zero attached hydrogens (tertiary/aromatic N) is 5. The highest BCUT2D eigenvalue weighted by molar-refractivity contribution is 6.00. The highest BCUT2D eigenvalue weighted by atomic mass is 19.1. The average molecular weight is 394 g/mol. The van der Waals surface area contributed by atoms with Gasteiger partial charge in [-0.15, -0.1) is 0 Å². The van der Waals surface area contributed by atoms with Crippen LogP contribution in [0.4, 0.5) is 10.2 Å². The molecule has 0 radical (unpaired) electrons. The Labute approximate surface area is 163 Å². The first-order chi connectivity index (χ1) is 14.2. The molecule has 1 aliphatic heterocycles. The normalized spacial score (nSPS) is 14.2. The van der Waals surface area contributed by atoms with E-state index in [4.69, 9.17) is 4.74 Å². The fraction of sp³-hybridized carbons (Fsp3) is 0.167. The topological polar surface area (TPSA) is 122 Å². The molecule has 29 heavy (non-hydrogen) atoms. The Morgan fingerprint density at radius 1 is 1.17 bits per heavy atom. The number of amides is 1. The second-order valence-electron chi connectivity index (χ2n) is 6.39. The molecule has 0 saturated heterocycles. The Kier molecular flexibility index (Phi) is 4.04. The molecule has 2 bridgehead atoms. The van der Waals surface area contributed by atoms with E-state index in [9.17, 15) is 9.18 Å². The van der Waals surface area contributed by atoms with Crippen molar-refractivity contribution in [1.82, 2.24) is 35.1 Å². The van der Waals surface area contributed by atoms with E-state index in [2.05, 4.69) is 35.9 Å². The van der Waals surface area contributed by atoms with E-state index in [1.807, 2.05) is 0 Å². The van der Waals surface area contributed by atoms with Crippen LogP contribution in [0, 0.1) is 5.82 Å². The number of anilines is 1. The lowest BCUT2D eigenvalue weighted by Gasteiger charge is -2.13. The molecular formula is C18H15FN8O2. The highest BCUT2D eigenvalue weighted by Crippen LogP contribution is 2.28. The molecule has 4 aromatic rings. The van der Waals surface area contributed by atoms with Gasteiger partial charge in [-0.05, 0) is 6.07 Å². The van der Waals surface area contributed by atoms with Crippen molar-refractivity contribution in [2.45, 2.75) is 6.54 Å². The van der Waals surface area contributed by atoms with Crippen LogP contribution < -0.4 is 15.4 Å². The van der Waals surface area contributed by atoms with Crippen molar-refractivity contribution in [3.63, 3.8) is 0 Å². The molecule has 0 unspecified atom stereocenters. The van der Waals surface area contributed by atoms with Gasteiger partial charge in [-0.1, -0.05) is 0 Å². The lowest BCUT2D eigenvalue weighted by Crippen LogP contribution is -2.28. The second-order valence-corrected chi connectivity index (χ2v) is 6.39. The maximum atomic E-state index is 13.7. The molecule has 1 amide bonds. The van der Waals surface area contributed by atoms with Crippen LogP contribution in [0.1, 0.15) is 15.9 Å². The van der Waals surface area contributed by atoms with Crippen molar-refractivity contribution >= 4 is 17.4 Å². The quantitative estimate of drug-likeness (QED) is 0.446. The van der Waals surface area contributed by atoms with Crippen molar-refractivity contribution in [2.75, 3.05) is 18.5 Å². The summed E-state index contributed by atoms with van der Waals surface area (Å²) in [6, 6.07) is 1.36. The zero-order valence-electron chi connectivity index (χ0n) is 15.0. The van der Waals surface area contributed by atoms with Crippen molar-refractivity contribution < 1.29 is 13.9 Å². The zero-order valence-corrected chi connectivity index (χ0v) is 15.0. The van der Waals surface area contributed by atoms with E-state index in [1.165, 1.54) is 16.8 Å². The Morgan fingerprint density at radius 3 is 2.97 bits per heavy atom. The zero-order chi connectivity index (χ0) is 19.8. The fourth-order valence-electron chi connectivity index (χ4n) is 3.13. The Balaban J connectivity index is 1.65. The highest BCUT2D eigenvalue weighted by Gasteiger charge is 2.19. The number of aromatic amines is 1. The number of H-pyrrole nitrogens is 1. The molecule has 10 nitrogen and oxygen atoms in total. The molecule has 146 valence electrons. The van der Waals surface area contributed by atoms with E-state index in [-0.39, 0.29) is 25.6 Å². The SMILES string of the molecule is O=C1NCCOc2ncc(F)cc2CNc2nc3c1cnn3cc2-c1cn[nH]c1. The molecule has 3 N–H and O–H groups in total. The maximum Gasteiger partial charge on any atom is 0.256 e. The van der Waals surface area contributed by atoms with Crippen molar-refractivity contribution in [2.24, 2.45) is 0 Å². The van der Waals surface area contributed by atoms with Gasteiger partial charge in [-0.2, -0.15) is 10.2 Å². The minimum Gasteiger partial charge on any atom is -0.476 e. The number of fused-ring (bicyclic) bond motifs is 2. The summed E-state index contributed by atoms with van der Waals surface area (Å²) >= 11 is 0. The number of carbonyl (C=O) groups excluding carboxylic acids is 1. The Morgan fingerprint density at radius 2 is 2.10 bits per heavy atom. The lowest BCUT2D eigenvalue weighted by molar-refractivity contribution is 0.0948. The molecule has 0 spiro atoms. The van der Waals surface area contributed by atoms with Gasteiger partial charge >= 0.3 is 0 Å². The molecule has 1 aliphatic rings. The number of carbonyl (C=O) groups is 1. The van der Waals surface area contributed by atoms with E-state index in [0.717, 1.165) is 11.8 Å². The molecule has 0 atom stereocenters. The van der Waals surface area contributed by atoms with Gasteiger partial charge in [0.2, 0.25) is 5.88 Å². The van der Waals surface area contributed by atoms with E-state index in [0.29, 0.717) is 34.0 Å². The third-order valence-corrected chi connectivity index (χ3v) is 4.51. The molecule has 11 heteroatoms. The summed E-state index contributed by atoms with van der Waals surface area (Å²) < 4.78 is 20.9. The van der Waals surface area contributed by atoms with Gasteiger partial charge in [0.15, 0.2) is 5.65 Å². The maximum absolute atomic E-state index is 13.7. The molecular weight excluding hydrogens is 379 g/mol. The number of rotatable bonds is 1. The number of hydrogen-bond donors (Lipinski definition) is 3. The summed E-state index contributed by atoms with van der Waals surface area (Å²) in [4.78, 5) is 21.2. The van der Waals surface area contributed by atoms with E-state index in [1.54, 1.807) is 18.6 Å². The minimum absolute atomic E-state index is 0.188. The standard InChI is InChI=1S/C18H15FN8O2/c19-12-3-10-4-21-15-14(11-5-23-24-6-11)9-27-16(26-15)13(8-25-27)17(28)20-1-2-29-18(10)22-7-12/h3,5-9H,1-2,4H2,(H,20,28)(H,21,26)(H,23,24). The van der Waals surface area contributed by atoms with Gasteiger partial charge in [0.05, 0.1) is 25.1 Å². The third kappa shape index (κ3) is 3.12. The van der Waals surface area contributed by atoms with Crippen LogP contribution in [-0.4, -0.2) is 48.8 Å². The van der Waals surface area contributed by atoms with Crippen molar-refractivity contribution in [3.8, 4) is 17.0 Å².